The molecule has 3 aromatic rings. The number of H-pyrrole nitrogens is 1. The van der Waals surface area contributed by atoms with Crippen LogP contribution in [-0.4, -0.2) is 38.9 Å². The summed E-state index contributed by atoms with van der Waals surface area (Å²) in [6, 6.07) is 8.23. The molecule has 4 N–H and O–H groups in total. The van der Waals surface area contributed by atoms with Crippen molar-refractivity contribution in [2.75, 3.05) is 13.7 Å². The quantitative estimate of drug-likeness (QED) is 0.415. The van der Waals surface area contributed by atoms with Crippen molar-refractivity contribution < 1.29 is 19.5 Å². The molecule has 10 nitrogen and oxygen atoms in total. The first-order valence-corrected chi connectivity index (χ1v) is 8.41. The van der Waals surface area contributed by atoms with Gasteiger partial charge in [0.1, 0.15) is 11.6 Å². The molecule has 0 aliphatic heterocycles. The average molecular weight is 385 g/mol. The third kappa shape index (κ3) is 3.71. The van der Waals surface area contributed by atoms with Crippen LogP contribution in [0.4, 0.5) is 5.69 Å². The van der Waals surface area contributed by atoms with Crippen LogP contribution in [0.1, 0.15) is 24.4 Å². The number of nitro benzene ring substituents is 1. The summed E-state index contributed by atoms with van der Waals surface area (Å²) in [7, 11) is 1.55. The van der Waals surface area contributed by atoms with Crippen molar-refractivity contribution in [3.63, 3.8) is 0 Å². The summed E-state index contributed by atoms with van der Waals surface area (Å²) in [5.74, 6) is 1.39. The van der Waals surface area contributed by atoms with Gasteiger partial charge in [-0.15, -0.1) is 0 Å². The second kappa shape index (κ2) is 7.92. The number of ether oxygens (including phenoxy) is 2. The Balaban J connectivity index is 1.93. The number of aromatic amines is 1. The molecule has 0 amide bonds. The van der Waals surface area contributed by atoms with E-state index in [1.807, 2.05) is 6.92 Å². The lowest BCUT2D eigenvalue weighted by Crippen LogP contribution is -2.14. The largest absolute Gasteiger partial charge is 0.507 e. The molecule has 146 valence electrons. The normalized spacial score (nSPS) is 11.8. The standard InChI is InChI=1S/C18H19N5O5/c1-3-28-15-8-10(4-7-14(15)27-2)16(19)18-20-17(21-22-18)12-9-11(23(25)26)5-6-13(12)24/h4-9,16,24H,3,19H2,1-2H3,(H,20,21,22). The number of nitrogens with two attached hydrogens (primary N) is 1. The summed E-state index contributed by atoms with van der Waals surface area (Å²) < 4.78 is 10.8. The number of methoxy groups -OCH3 is 1. The first-order valence-electron chi connectivity index (χ1n) is 8.41. The third-order valence-corrected chi connectivity index (χ3v) is 4.08. The molecule has 28 heavy (non-hydrogen) atoms. The number of nitrogens with zero attached hydrogens (tertiary/aromatic N) is 3. The van der Waals surface area contributed by atoms with E-state index >= 15 is 0 Å². The van der Waals surface area contributed by atoms with Gasteiger partial charge in [-0.05, 0) is 30.7 Å². The lowest BCUT2D eigenvalue weighted by molar-refractivity contribution is -0.384. The molecule has 0 aliphatic carbocycles. The Morgan fingerprint density at radius 1 is 1.29 bits per heavy atom. The molecule has 0 fully saturated rings. The van der Waals surface area contributed by atoms with Crippen LogP contribution in [0.15, 0.2) is 36.4 Å². The Morgan fingerprint density at radius 3 is 2.75 bits per heavy atom. The number of aromatic nitrogens is 3. The molecule has 1 aromatic heterocycles. The van der Waals surface area contributed by atoms with Gasteiger partial charge in [0.25, 0.3) is 5.69 Å². The van der Waals surface area contributed by atoms with Gasteiger partial charge < -0.3 is 20.3 Å². The summed E-state index contributed by atoms with van der Waals surface area (Å²) in [5, 5.41) is 27.7. The molecule has 0 radical (unpaired) electrons. The van der Waals surface area contributed by atoms with E-state index < -0.39 is 11.0 Å². The minimum atomic E-state index is -0.660. The van der Waals surface area contributed by atoms with Crippen LogP contribution in [0.5, 0.6) is 17.2 Å². The molecule has 0 bridgehead atoms. The second-order valence-corrected chi connectivity index (χ2v) is 5.82. The number of phenolic OH excluding ortho intramolecular Hbond substituents is 1. The van der Waals surface area contributed by atoms with Crippen molar-refractivity contribution in [3.05, 3.63) is 57.9 Å². The highest BCUT2D eigenvalue weighted by Crippen LogP contribution is 2.33. The van der Waals surface area contributed by atoms with Crippen molar-refractivity contribution in [1.29, 1.82) is 0 Å². The van der Waals surface area contributed by atoms with Crippen molar-refractivity contribution in [3.8, 4) is 28.6 Å². The number of nitrogens with one attached hydrogen (secondary N) is 1. The zero-order valence-corrected chi connectivity index (χ0v) is 15.2. The maximum atomic E-state index is 11.0. The average Bonchev–Trinajstić information content (AvgIpc) is 3.17. The topological polar surface area (TPSA) is 149 Å². The van der Waals surface area contributed by atoms with E-state index in [0.29, 0.717) is 29.5 Å². The monoisotopic (exact) mass is 385 g/mol. The molecular weight excluding hydrogens is 366 g/mol. The van der Waals surface area contributed by atoms with Gasteiger partial charge >= 0.3 is 0 Å². The van der Waals surface area contributed by atoms with Crippen LogP contribution in [0, 0.1) is 10.1 Å². The third-order valence-electron chi connectivity index (χ3n) is 4.08. The van der Waals surface area contributed by atoms with Crippen LogP contribution in [0.2, 0.25) is 0 Å². The molecular formula is C18H19N5O5. The number of benzene rings is 2. The summed E-state index contributed by atoms with van der Waals surface area (Å²) in [5.41, 5.74) is 6.94. The minimum Gasteiger partial charge on any atom is -0.507 e. The number of hydrogen-bond donors (Lipinski definition) is 3. The van der Waals surface area contributed by atoms with Gasteiger partial charge in [0.15, 0.2) is 17.3 Å². The number of hydrogen-bond acceptors (Lipinski definition) is 8. The molecule has 0 saturated carbocycles. The fraction of sp³-hybridized carbons (Fsp3) is 0.222. The van der Waals surface area contributed by atoms with Gasteiger partial charge in [0.2, 0.25) is 0 Å². The van der Waals surface area contributed by atoms with Gasteiger partial charge in [-0.3, -0.25) is 15.2 Å². The molecule has 0 spiro atoms. The highest BCUT2D eigenvalue weighted by Gasteiger charge is 2.20. The van der Waals surface area contributed by atoms with E-state index in [1.54, 1.807) is 25.3 Å². The summed E-state index contributed by atoms with van der Waals surface area (Å²) in [6.45, 7) is 2.33. The maximum absolute atomic E-state index is 11.0. The zero-order chi connectivity index (χ0) is 20.3. The van der Waals surface area contributed by atoms with E-state index in [1.165, 1.54) is 18.2 Å². The summed E-state index contributed by atoms with van der Waals surface area (Å²) in [6.07, 6.45) is 0. The van der Waals surface area contributed by atoms with Crippen molar-refractivity contribution in [1.82, 2.24) is 15.2 Å². The SMILES string of the molecule is CCOc1cc(C(N)c2nc(-c3cc([N+](=O)[O-])ccc3O)n[nH]2)ccc1OC. The van der Waals surface area contributed by atoms with E-state index in [9.17, 15) is 15.2 Å². The number of non-ortho nitro benzene ring substituents is 1. The number of aromatic hydroxyl groups is 1. The Kier molecular flexibility index (Phi) is 5.41. The zero-order valence-electron chi connectivity index (χ0n) is 15.2. The van der Waals surface area contributed by atoms with Gasteiger partial charge in [0.05, 0.1) is 30.2 Å². The Bertz CT molecular complexity index is 1000. The summed E-state index contributed by atoms with van der Waals surface area (Å²) in [4.78, 5) is 14.7. The Labute approximate surface area is 160 Å². The number of rotatable bonds is 7. The molecule has 2 aromatic carbocycles. The molecule has 1 heterocycles. The molecule has 1 atom stereocenters. The first kappa shape index (κ1) is 19.1. The van der Waals surface area contributed by atoms with Crippen molar-refractivity contribution in [2.24, 2.45) is 5.73 Å². The molecule has 0 aliphatic rings. The van der Waals surface area contributed by atoms with E-state index in [0.717, 1.165) is 0 Å². The van der Waals surface area contributed by atoms with E-state index in [2.05, 4.69) is 15.2 Å². The van der Waals surface area contributed by atoms with E-state index in [4.69, 9.17) is 15.2 Å². The maximum Gasteiger partial charge on any atom is 0.270 e. The highest BCUT2D eigenvalue weighted by molar-refractivity contribution is 5.67. The lowest BCUT2D eigenvalue weighted by atomic mass is 10.1. The fourth-order valence-corrected chi connectivity index (χ4v) is 2.66. The van der Waals surface area contributed by atoms with Gasteiger partial charge in [0, 0.05) is 12.1 Å². The minimum absolute atomic E-state index is 0.102. The predicted octanol–water partition coefficient (Wildman–Crippen LogP) is 2.54. The Hall–Kier alpha value is -3.66. The van der Waals surface area contributed by atoms with Crippen molar-refractivity contribution in [2.45, 2.75) is 13.0 Å². The van der Waals surface area contributed by atoms with Crippen LogP contribution in [-0.2, 0) is 0 Å². The van der Waals surface area contributed by atoms with Gasteiger partial charge in [-0.1, -0.05) is 6.07 Å². The summed E-state index contributed by atoms with van der Waals surface area (Å²) >= 11 is 0. The first-order chi connectivity index (χ1) is 13.4. The molecule has 1 unspecified atom stereocenters. The van der Waals surface area contributed by atoms with Gasteiger partial charge in [-0.2, -0.15) is 5.10 Å². The van der Waals surface area contributed by atoms with Gasteiger partial charge in [-0.25, -0.2) is 4.98 Å². The lowest BCUT2D eigenvalue weighted by Gasteiger charge is -2.14. The van der Waals surface area contributed by atoms with Crippen LogP contribution in [0.25, 0.3) is 11.4 Å². The van der Waals surface area contributed by atoms with Crippen LogP contribution >= 0.6 is 0 Å². The fourth-order valence-electron chi connectivity index (χ4n) is 2.66. The number of phenols is 1. The number of nitro groups is 1. The second-order valence-electron chi connectivity index (χ2n) is 5.82. The van der Waals surface area contributed by atoms with Crippen LogP contribution < -0.4 is 15.2 Å². The molecule has 3 rings (SSSR count). The highest BCUT2D eigenvalue weighted by atomic mass is 16.6. The smallest absolute Gasteiger partial charge is 0.270 e. The van der Waals surface area contributed by atoms with Crippen molar-refractivity contribution >= 4 is 5.69 Å². The molecule has 10 heteroatoms. The molecule has 0 saturated heterocycles. The van der Waals surface area contributed by atoms with Crippen LogP contribution in [0.3, 0.4) is 0 Å². The van der Waals surface area contributed by atoms with E-state index in [-0.39, 0.29) is 22.8 Å². The Morgan fingerprint density at radius 2 is 2.07 bits per heavy atom. The predicted molar refractivity (Wildman–Crippen MR) is 100 cm³/mol.